The van der Waals surface area contributed by atoms with Crippen LogP contribution in [0.5, 0.6) is 0 Å². The number of nitrogens with two attached hydrogens (primary N) is 1. The Labute approximate surface area is 413 Å². The Morgan fingerprint density at radius 1 is 0.634 bits per heavy atom. The molecule has 15 nitrogen and oxygen atoms in total. The van der Waals surface area contributed by atoms with Gasteiger partial charge in [-0.1, -0.05) is 76.6 Å². The highest BCUT2D eigenvalue weighted by atomic mass is 79.9. The number of benzene rings is 4. The number of carbonyl (C=O) groups excluding carboxylic acids is 4. The van der Waals surface area contributed by atoms with Gasteiger partial charge >= 0.3 is 11.8 Å². The summed E-state index contributed by atoms with van der Waals surface area (Å²) < 4.78 is 56.9. The number of fused-ring (bicyclic) bond motifs is 2. The number of nitrogens with zero attached hydrogens (tertiary/aromatic N) is 7. The normalized spacial score (nSPS) is 17.6. The highest BCUT2D eigenvalue weighted by Crippen LogP contribution is 2.40. The van der Waals surface area contributed by atoms with Crippen molar-refractivity contribution in [3.05, 3.63) is 174 Å². The molecule has 10 rings (SSSR count). The maximum atomic E-state index is 13.6. The van der Waals surface area contributed by atoms with Crippen molar-refractivity contribution in [3.63, 3.8) is 0 Å². The van der Waals surface area contributed by atoms with Gasteiger partial charge in [0, 0.05) is 78.1 Å². The lowest BCUT2D eigenvalue weighted by molar-refractivity contribution is -0.144. The molecule has 5 N–H and O–H groups in total. The van der Waals surface area contributed by atoms with E-state index >= 15 is 0 Å². The molecule has 2 aliphatic rings. The number of rotatable bonds is 9. The Balaban J connectivity index is 0.000000180. The number of halogens is 5. The Morgan fingerprint density at radius 3 is 1.56 bits per heavy atom. The van der Waals surface area contributed by atoms with E-state index in [2.05, 4.69) is 57.6 Å². The molecule has 4 atom stereocenters. The lowest BCUT2D eigenvalue weighted by Crippen LogP contribution is -2.46. The highest BCUT2D eigenvalue weighted by Gasteiger charge is 2.46. The summed E-state index contributed by atoms with van der Waals surface area (Å²) in [5.41, 5.74) is 9.72. The van der Waals surface area contributed by atoms with Crippen LogP contribution in [0.2, 0.25) is 0 Å². The van der Waals surface area contributed by atoms with Crippen LogP contribution in [0.25, 0.3) is 27.5 Å². The van der Waals surface area contributed by atoms with Gasteiger partial charge in [0.1, 0.15) is 0 Å². The number of hydrogen-bond donors (Lipinski definition) is 4. The SMILES string of the molecule is Brc1ccncc1.CC(F)(F)C(=O)N[C@H]1CC(=O)N(c2ccc3[nH]ncc3c2)C1c1ccccc1.CC(F)(F)C(=O)N[C@H]1CC(=O)N(c2ccc3c(cnn3-c3ccncc3)c2)C1c1ccccc1.CN. The molecule has 71 heavy (non-hydrogen) atoms. The Kier molecular flexibility index (Phi) is 16.0. The topological polar surface area (TPSA) is 197 Å². The molecule has 6 heterocycles. The van der Waals surface area contributed by atoms with Crippen LogP contribution in [-0.4, -0.2) is 84.6 Å². The zero-order chi connectivity index (χ0) is 50.9. The van der Waals surface area contributed by atoms with Crippen LogP contribution in [0.15, 0.2) is 163 Å². The van der Waals surface area contributed by atoms with Gasteiger partial charge in [-0.2, -0.15) is 27.8 Å². The number of pyridine rings is 2. The van der Waals surface area contributed by atoms with Crippen molar-refractivity contribution in [2.45, 2.75) is 62.7 Å². The van der Waals surface area contributed by atoms with Gasteiger partial charge < -0.3 is 26.2 Å². The number of carbonyl (C=O) groups is 4. The fraction of sp³-hybridized carbons (Fsp3) is 0.216. The van der Waals surface area contributed by atoms with Gasteiger partial charge in [0.05, 0.1) is 53.3 Å². The first-order valence-corrected chi connectivity index (χ1v) is 22.9. The quantitative estimate of drug-likeness (QED) is 0.102. The number of aromatic amines is 1. The second-order valence-corrected chi connectivity index (χ2v) is 17.3. The highest BCUT2D eigenvalue weighted by molar-refractivity contribution is 9.10. The summed E-state index contributed by atoms with van der Waals surface area (Å²) in [6, 6.07) is 33.7. The molecule has 366 valence electrons. The van der Waals surface area contributed by atoms with Crippen molar-refractivity contribution in [2.24, 2.45) is 5.73 Å². The average molecular weight is 1030 g/mol. The van der Waals surface area contributed by atoms with Crippen LogP contribution in [-0.2, 0) is 19.2 Å². The van der Waals surface area contributed by atoms with E-state index in [9.17, 15) is 36.7 Å². The zero-order valence-electron chi connectivity index (χ0n) is 38.5. The standard InChI is InChI=1S/C25H21F2N5O2.C20H18F2N4O2.C5H4BrN.CH5N/c1-25(26,27)24(34)30-20-14-22(33)31(23(20)16-5-3-2-4-6-16)19-7-8-21-17(13-19)15-29-32(21)18-9-11-28-12-10-18;1-20(21,22)19(28)24-16-10-17(27)26(18(16)12-5-3-2-4-6-12)14-7-8-15-13(9-14)11-23-25-15;6-5-1-3-7-4-2-5;1-2/h2-13,15,20,23H,14H2,1H3,(H,30,34);2-9,11,16,18H,10H2,1H3,(H,23,25)(H,24,28);1-4H;2H2,1H3/t20-,23?;16-,18?;;/m00../s1. The number of H-pyrrole nitrogens is 1. The van der Waals surface area contributed by atoms with E-state index in [0.29, 0.717) is 25.2 Å². The van der Waals surface area contributed by atoms with Gasteiger partial charge in [0.2, 0.25) is 11.8 Å². The summed E-state index contributed by atoms with van der Waals surface area (Å²) in [4.78, 5) is 60.9. The van der Waals surface area contributed by atoms with E-state index in [4.69, 9.17) is 0 Å². The first-order valence-electron chi connectivity index (χ1n) is 22.1. The smallest absolute Gasteiger partial charge is 0.321 e. The number of anilines is 2. The summed E-state index contributed by atoms with van der Waals surface area (Å²) in [5.74, 6) is -10.4. The fourth-order valence-corrected chi connectivity index (χ4v) is 8.50. The van der Waals surface area contributed by atoms with Crippen molar-refractivity contribution in [2.75, 3.05) is 16.8 Å². The number of nitrogens with one attached hydrogen (secondary N) is 3. The molecule has 8 aromatic rings. The van der Waals surface area contributed by atoms with E-state index < -0.39 is 47.8 Å². The Bertz CT molecular complexity index is 3080. The van der Waals surface area contributed by atoms with Gasteiger partial charge in [0.25, 0.3) is 11.8 Å². The zero-order valence-corrected chi connectivity index (χ0v) is 40.1. The van der Waals surface area contributed by atoms with Gasteiger partial charge in [0.15, 0.2) is 0 Å². The summed E-state index contributed by atoms with van der Waals surface area (Å²) in [7, 11) is 1.50. The molecule has 0 bridgehead atoms. The van der Waals surface area contributed by atoms with Gasteiger partial charge in [-0.15, -0.1) is 0 Å². The van der Waals surface area contributed by atoms with Crippen molar-refractivity contribution in [3.8, 4) is 5.69 Å². The maximum absolute atomic E-state index is 13.6. The molecular formula is C51H48BrF4N11O4. The second kappa shape index (κ2) is 22.3. The third-order valence-corrected chi connectivity index (χ3v) is 12.0. The molecule has 2 unspecified atom stereocenters. The van der Waals surface area contributed by atoms with Crippen LogP contribution in [0.3, 0.4) is 0 Å². The van der Waals surface area contributed by atoms with E-state index in [-0.39, 0.29) is 24.7 Å². The van der Waals surface area contributed by atoms with Crippen molar-refractivity contribution in [1.29, 1.82) is 0 Å². The Morgan fingerprint density at radius 2 is 1.10 bits per heavy atom. The van der Waals surface area contributed by atoms with E-state index in [1.807, 2.05) is 103 Å². The predicted octanol–water partition coefficient (Wildman–Crippen LogP) is 8.64. The molecule has 20 heteroatoms. The number of aromatic nitrogens is 6. The Hall–Kier alpha value is -7.84. The van der Waals surface area contributed by atoms with Crippen LogP contribution >= 0.6 is 15.9 Å². The van der Waals surface area contributed by atoms with Crippen LogP contribution in [0.4, 0.5) is 28.9 Å². The summed E-state index contributed by atoms with van der Waals surface area (Å²) in [6.45, 7) is 1.09. The summed E-state index contributed by atoms with van der Waals surface area (Å²) in [6.07, 6.45) is 10.0. The average Bonchev–Trinajstić information content (AvgIpc) is 4.16. The number of hydrogen-bond acceptors (Lipinski definition) is 9. The molecule has 0 radical (unpaired) electrons. The summed E-state index contributed by atoms with van der Waals surface area (Å²) >= 11 is 3.27. The predicted molar refractivity (Wildman–Crippen MR) is 265 cm³/mol. The van der Waals surface area contributed by atoms with E-state index in [1.54, 1.807) is 69.9 Å². The minimum Gasteiger partial charge on any atom is -0.345 e. The lowest BCUT2D eigenvalue weighted by Gasteiger charge is -2.29. The van der Waals surface area contributed by atoms with Gasteiger partial charge in [-0.25, -0.2) is 4.68 Å². The summed E-state index contributed by atoms with van der Waals surface area (Å²) in [5, 5.41) is 17.7. The molecule has 2 saturated heterocycles. The van der Waals surface area contributed by atoms with Gasteiger partial charge in [-0.3, -0.25) is 34.2 Å². The van der Waals surface area contributed by atoms with Crippen molar-refractivity contribution >= 4 is 72.7 Å². The maximum Gasteiger partial charge on any atom is 0.321 e. The van der Waals surface area contributed by atoms with E-state index in [1.165, 1.54) is 7.05 Å². The number of amides is 4. The molecule has 0 spiro atoms. The molecule has 2 fully saturated rings. The molecule has 4 aromatic heterocycles. The third-order valence-electron chi connectivity index (χ3n) is 11.4. The minimum atomic E-state index is -3.54. The first-order chi connectivity index (χ1) is 34.1. The fourth-order valence-electron chi connectivity index (χ4n) is 8.26. The van der Waals surface area contributed by atoms with Crippen LogP contribution in [0, 0.1) is 0 Å². The monoisotopic (exact) mass is 1030 g/mol. The van der Waals surface area contributed by atoms with Crippen molar-refractivity contribution in [1.82, 2.24) is 40.6 Å². The second-order valence-electron chi connectivity index (χ2n) is 16.4. The molecule has 0 saturated carbocycles. The molecular weight excluding hydrogens is 987 g/mol. The third kappa shape index (κ3) is 12.0. The largest absolute Gasteiger partial charge is 0.345 e. The van der Waals surface area contributed by atoms with E-state index in [0.717, 1.165) is 43.1 Å². The molecule has 2 aliphatic heterocycles. The molecule has 4 amide bonds. The van der Waals surface area contributed by atoms with Crippen molar-refractivity contribution < 1.29 is 36.7 Å². The number of alkyl halides is 4. The molecule has 0 aliphatic carbocycles. The van der Waals surface area contributed by atoms with Crippen LogP contribution < -0.4 is 26.2 Å². The van der Waals surface area contributed by atoms with Gasteiger partial charge in [-0.05, 0) is 78.8 Å². The van der Waals surface area contributed by atoms with Crippen LogP contribution in [0.1, 0.15) is 49.9 Å². The molecule has 4 aromatic carbocycles. The minimum absolute atomic E-state index is 0.0647. The lowest BCUT2D eigenvalue weighted by atomic mass is 9.99. The first kappa shape index (κ1) is 51.0.